The van der Waals surface area contributed by atoms with Gasteiger partial charge in [-0.15, -0.1) is 0 Å². The largest absolute Gasteiger partial charge is 0.375 e. The summed E-state index contributed by atoms with van der Waals surface area (Å²) in [7, 11) is 0. The van der Waals surface area contributed by atoms with Gasteiger partial charge in [0.25, 0.3) is 0 Å². The second-order valence-corrected chi connectivity index (χ2v) is 6.99. The Bertz CT molecular complexity index is 544. The number of rotatable bonds is 7. The molecule has 6 nitrogen and oxygen atoms in total. The number of carbonyl (C=O) groups excluding carboxylic acids is 1. The van der Waals surface area contributed by atoms with Gasteiger partial charge >= 0.3 is 0 Å². The maximum Gasteiger partial charge on any atom is 0.248 e. The van der Waals surface area contributed by atoms with Crippen molar-refractivity contribution in [1.82, 2.24) is 9.88 Å². The molecule has 1 aromatic rings. The Morgan fingerprint density at radius 1 is 1.36 bits per heavy atom. The predicted octanol–water partition coefficient (Wildman–Crippen LogP) is 2.03. The zero-order valence-electron chi connectivity index (χ0n) is 15.0. The summed E-state index contributed by atoms with van der Waals surface area (Å²) in [5, 5.41) is 0. The lowest BCUT2D eigenvalue weighted by Crippen LogP contribution is -2.45. The minimum absolute atomic E-state index is 0.103. The molecular formula is C19H28N2O4. The highest BCUT2D eigenvalue weighted by Gasteiger charge is 2.43. The molecule has 3 rings (SSSR count). The molecule has 1 spiro atoms. The Hall–Kier alpha value is -1.50. The number of likely N-dealkylation sites (tertiary alicyclic amines) is 1. The molecule has 1 aromatic heterocycles. The zero-order chi connectivity index (χ0) is 17.5. The lowest BCUT2D eigenvalue weighted by Gasteiger charge is -2.38. The molecule has 0 unspecified atom stereocenters. The molecule has 6 heteroatoms. The van der Waals surface area contributed by atoms with Crippen molar-refractivity contribution in [3.8, 4) is 0 Å². The summed E-state index contributed by atoms with van der Waals surface area (Å²) in [6.45, 7) is 6.19. The van der Waals surface area contributed by atoms with Crippen LogP contribution in [0.3, 0.4) is 0 Å². The molecule has 2 saturated heterocycles. The minimum Gasteiger partial charge on any atom is -0.375 e. The van der Waals surface area contributed by atoms with E-state index in [1.165, 1.54) is 0 Å². The third-order valence-corrected chi connectivity index (χ3v) is 5.17. The number of ether oxygens (including phenoxy) is 3. The number of hydrogen-bond donors (Lipinski definition) is 0. The summed E-state index contributed by atoms with van der Waals surface area (Å²) in [6, 6.07) is 5.83. The number of amides is 1. The summed E-state index contributed by atoms with van der Waals surface area (Å²) in [5.41, 5.74) is 1.15. The van der Waals surface area contributed by atoms with Gasteiger partial charge in [-0.1, -0.05) is 6.07 Å². The van der Waals surface area contributed by atoms with Crippen LogP contribution in [0.5, 0.6) is 0 Å². The molecule has 25 heavy (non-hydrogen) atoms. The molecule has 0 N–H and O–H groups in total. The summed E-state index contributed by atoms with van der Waals surface area (Å²) in [4.78, 5) is 18.2. The van der Waals surface area contributed by atoms with Crippen LogP contribution in [0.15, 0.2) is 24.4 Å². The molecule has 2 aliphatic rings. The Labute approximate surface area is 149 Å². The molecule has 0 aliphatic carbocycles. The van der Waals surface area contributed by atoms with E-state index in [0.717, 1.165) is 44.7 Å². The molecule has 138 valence electrons. The van der Waals surface area contributed by atoms with E-state index in [-0.39, 0.29) is 24.0 Å². The maximum atomic E-state index is 12.0. The molecule has 1 atom stereocenters. The van der Waals surface area contributed by atoms with Crippen molar-refractivity contribution in [2.75, 3.05) is 39.5 Å². The SMILES string of the molecule is CCOCC(=O)N1CCC2(CC1)CO[C@H](COCc1ccccn1)C2. The first-order valence-corrected chi connectivity index (χ1v) is 9.15. The highest BCUT2D eigenvalue weighted by Crippen LogP contribution is 2.42. The number of nitrogens with zero attached hydrogens (tertiary/aromatic N) is 2. The van der Waals surface area contributed by atoms with E-state index < -0.39 is 0 Å². The molecule has 2 fully saturated rings. The quantitative estimate of drug-likeness (QED) is 0.755. The van der Waals surface area contributed by atoms with Crippen LogP contribution in [0.25, 0.3) is 0 Å². The molecule has 0 aromatic carbocycles. The van der Waals surface area contributed by atoms with Gasteiger partial charge in [-0.2, -0.15) is 0 Å². The molecule has 1 amide bonds. The molecule has 0 radical (unpaired) electrons. The van der Waals surface area contributed by atoms with Crippen molar-refractivity contribution < 1.29 is 19.0 Å². The number of piperidine rings is 1. The van der Waals surface area contributed by atoms with Gasteiger partial charge in [0.2, 0.25) is 5.91 Å². The van der Waals surface area contributed by atoms with E-state index in [1.807, 2.05) is 30.0 Å². The van der Waals surface area contributed by atoms with Crippen molar-refractivity contribution in [3.63, 3.8) is 0 Å². The van der Waals surface area contributed by atoms with E-state index in [2.05, 4.69) is 4.98 Å². The molecule has 0 saturated carbocycles. The van der Waals surface area contributed by atoms with Crippen LogP contribution < -0.4 is 0 Å². The third-order valence-electron chi connectivity index (χ3n) is 5.17. The van der Waals surface area contributed by atoms with Crippen LogP contribution in [0.1, 0.15) is 31.9 Å². The van der Waals surface area contributed by atoms with Gasteiger partial charge in [-0.3, -0.25) is 9.78 Å². The first-order valence-electron chi connectivity index (χ1n) is 9.15. The van der Waals surface area contributed by atoms with Crippen molar-refractivity contribution in [3.05, 3.63) is 30.1 Å². The van der Waals surface area contributed by atoms with Crippen molar-refractivity contribution in [1.29, 1.82) is 0 Å². The Kier molecular flexibility index (Phi) is 6.39. The minimum atomic E-state index is 0.103. The summed E-state index contributed by atoms with van der Waals surface area (Å²) in [5.74, 6) is 0.103. The van der Waals surface area contributed by atoms with Crippen LogP contribution >= 0.6 is 0 Å². The highest BCUT2D eigenvalue weighted by atomic mass is 16.5. The summed E-state index contributed by atoms with van der Waals surface area (Å²) in [6.07, 6.45) is 4.95. The molecule has 2 aliphatic heterocycles. The number of carbonyl (C=O) groups is 1. The predicted molar refractivity (Wildman–Crippen MR) is 93.0 cm³/mol. The van der Waals surface area contributed by atoms with E-state index in [9.17, 15) is 4.79 Å². The summed E-state index contributed by atoms with van der Waals surface area (Å²) >= 11 is 0. The standard InChI is InChI=1S/C19H28N2O4/c1-2-23-14-18(22)21-9-6-19(7-10-21)11-17(25-15-19)13-24-12-16-5-3-4-8-20-16/h3-5,8,17H,2,6-7,9-15H2,1H3/t17-/m0/s1. The zero-order valence-corrected chi connectivity index (χ0v) is 15.0. The topological polar surface area (TPSA) is 60.9 Å². The van der Waals surface area contributed by atoms with Gasteiger partial charge in [0.05, 0.1) is 31.6 Å². The van der Waals surface area contributed by atoms with E-state index in [0.29, 0.717) is 19.8 Å². The lowest BCUT2D eigenvalue weighted by atomic mass is 9.76. The van der Waals surface area contributed by atoms with E-state index >= 15 is 0 Å². The molecule has 0 bridgehead atoms. The van der Waals surface area contributed by atoms with Crippen LogP contribution in [0.4, 0.5) is 0 Å². The Morgan fingerprint density at radius 2 is 2.20 bits per heavy atom. The van der Waals surface area contributed by atoms with Crippen LogP contribution in [-0.2, 0) is 25.6 Å². The normalized spacial score (nSPS) is 22.4. The van der Waals surface area contributed by atoms with Crippen LogP contribution in [0, 0.1) is 5.41 Å². The van der Waals surface area contributed by atoms with E-state index in [1.54, 1.807) is 6.20 Å². The lowest BCUT2D eigenvalue weighted by molar-refractivity contribution is -0.138. The van der Waals surface area contributed by atoms with Gasteiger partial charge < -0.3 is 19.1 Å². The number of aromatic nitrogens is 1. The van der Waals surface area contributed by atoms with Crippen molar-refractivity contribution in [2.24, 2.45) is 5.41 Å². The van der Waals surface area contributed by atoms with Gasteiger partial charge in [0, 0.05) is 25.9 Å². The van der Waals surface area contributed by atoms with Crippen molar-refractivity contribution in [2.45, 2.75) is 38.9 Å². The smallest absolute Gasteiger partial charge is 0.248 e. The van der Waals surface area contributed by atoms with Crippen molar-refractivity contribution >= 4 is 5.91 Å². The third kappa shape index (κ3) is 5.00. The first-order chi connectivity index (χ1) is 12.2. The average molecular weight is 348 g/mol. The maximum absolute atomic E-state index is 12.0. The second kappa shape index (κ2) is 8.74. The highest BCUT2D eigenvalue weighted by molar-refractivity contribution is 5.77. The fourth-order valence-corrected chi connectivity index (χ4v) is 3.64. The number of hydrogen-bond acceptors (Lipinski definition) is 5. The molecule has 3 heterocycles. The Morgan fingerprint density at radius 3 is 2.92 bits per heavy atom. The number of pyridine rings is 1. The second-order valence-electron chi connectivity index (χ2n) is 6.99. The molecular weight excluding hydrogens is 320 g/mol. The van der Waals surface area contributed by atoms with Gasteiger partial charge in [-0.25, -0.2) is 0 Å². The Balaban J connectivity index is 1.38. The average Bonchev–Trinajstić information content (AvgIpc) is 3.04. The fraction of sp³-hybridized carbons (Fsp3) is 0.684. The van der Waals surface area contributed by atoms with Crippen LogP contribution in [-0.4, -0.2) is 61.4 Å². The fourth-order valence-electron chi connectivity index (χ4n) is 3.64. The summed E-state index contributed by atoms with van der Waals surface area (Å²) < 4.78 is 17.0. The monoisotopic (exact) mass is 348 g/mol. The first kappa shape index (κ1) is 18.3. The van der Waals surface area contributed by atoms with E-state index in [4.69, 9.17) is 14.2 Å². The van der Waals surface area contributed by atoms with Gasteiger partial charge in [-0.05, 0) is 43.7 Å². The van der Waals surface area contributed by atoms with Crippen LogP contribution in [0.2, 0.25) is 0 Å². The van der Waals surface area contributed by atoms with Gasteiger partial charge in [0.1, 0.15) is 6.61 Å². The van der Waals surface area contributed by atoms with Gasteiger partial charge in [0.15, 0.2) is 0 Å².